The zero-order valence-electron chi connectivity index (χ0n) is 12.9. The smallest absolute Gasteiger partial charge is 0.154 e. The molecular weight excluding hydrogens is 313 g/mol. The van der Waals surface area contributed by atoms with Gasteiger partial charge in [0.1, 0.15) is 5.82 Å². The Morgan fingerprint density at radius 2 is 2.00 bits per heavy atom. The van der Waals surface area contributed by atoms with Gasteiger partial charge in [-0.05, 0) is 50.9 Å². The summed E-state index contributed by atoms with van der Waals surface area (Å²) in [5.41, 5.74) is 0.463. The highest BCUT2D eigenvalue weighted by atomic mass is 35.5. The molecule has 0 aliphatic rings. The van der Waals surface area contributed by atoms with Crippen molar-refractivity contribution in [3.05, 3.63) is 34.6 Å². The molecule has 0 aliphatic carbocycles. The second-order valence-electron chi connectivity index (χ2n) is 5.82. The van der Waals surface area contributed by atoms with Crippen molar-refractivity contribution >= 4 is 21.4 Å². The van der Waals surface area contributed by atoms with Crippen molar-refractivity contribution in [2.45, 2.75) is 44.4 Å². The number of benzene rings is 1. The Morgan fingerprint density at radius 1 is 1.38 bits per heavy atom. The maximum Gasteiger partial charge on any atom is 0.154 e. The van der Waals surface area contributed by atoms with Gasteiger partial charge in [-0.3, -0.25) is 0 Å². The lowest BCUT2D eigenvalue weighted by Gasteiger charge is -2.33. The minimum Gasteiger partial charge on any atom is -0.312 e. The van der Waals surface area contributed by atoms with Crippen LogP contribution in [0.5, 0.6) is 0 Å². The molecule has 0 bridgehead atoms. The highest BCUT2D eigenvalue weighted by Crippen LogP contribution is 2.25. The number of sulfone groups is 1. The first-order chi connectivity index (χ1) is 9.59. The van der Waals surface area contributed by atoms with Crippen molar-refractivity contribution in [3.8, 4) is 0 Å². The van der Waals surface area contributed by atoms with E-state index in [2.05, 4.69) is 5.32 Å². The van der Waals surface area contributed by atoms with Crippen LogP contribution in [0.1, 0.15) is 32.8 Å². The van der Waals surface area contributed by atoms with E-state index in [0.29, 0.717) is 23.6 Å². The first-order valence-corrected chi connectivity index (χ1v) is 9.23. The molecule has 1 unspecified atom stereocenters. The Hall–Kier alpha value is -0.650. The Morgan fingerprint density at radius 3 is 2.48 bits per heavy atom. The summed E-state index contributed by atoms with van der Waals surface area (Å²) in [7, 11) is -3.28. The van der Waals surface area contributed by atoms with E-state index in [9.17, 15) is 12.8 Å². The van der Waals surface area contributed by atoms with Crippen molar-refractivity contribution in [2.24, 2.45) is 0 Å². The Balaban J connectivity index is 3.09. The summed E-state index contributed by atoms with van der Waals surface area (Å²) < 4.78 is 37.0. The predicted octanol–water partition coefficient (Wildman–Crippen LogP) is 3.21. The van der Waals surface area contributed by atoms with Crippen LogP contribution < -0.4 is 5.32 Å². The zero-order chi connectivity index (χ0) is 16.3. The molecule has 1 aromatic rings. The fourth-order valence-electron chi connectivity index (χ4n) is 2.05. The third-order valence-corrected chi connectivity index (χ3v) is 6.31. The summed E-state index contributed by atoms with van der Waals surface area (Å²) in [6.07, 6.45) is 2.38. The third kappa shape index (κ3) is 4.66. The highest BCUT2D eigenvalue weighted by Gasteiger charge is 2.38. The molecule has 0 saturated carbocycles. The van der Waals surface area contributed by atoms with Crippen molar-refractivity contribution in [3.63, 3.8) is 0 Å². The van der Waals surface area contributed by atoms with Gasteiger partial charge in [0.2, 0.25) is 0 Å². The fourth-order valence-corrected chi connectivity index (χ4v) is 2.89. The summed E-state index contributed by atoms with van der Waals surface area (Å²) in [5, 5.41) is 3.56. The van der Waals surface area contributed by atoms with Crippen LogP contribution in [-0.4, -0.2) is 32.0 Å². The van der Waals surface area contributed by atoms with Crippen molar-refractivity contribution in [1.29, 1.82) is 0 Å². The molecule has 21 heavy (non-hydrogen) atoms. The van der Waals surface area contributed by atoms with E-state index >= 15 is 0 Å². The highest BCUT2D eigenvalue weighted by molar-refractivity contribution is 7.92. The molecule has 0 radical (unpaired) electrons. The van der Waals surface area contributed by atoms with E-state index in [-0.39, 0.29) is 6.04 Å². The van der Waals surface area contributed by atoms with Crippen molar-refractivity contribution in [1.82, 2.24) is 5.32 Å². The average Bonchev–Trinajstić information content (AvgIpc) is 2.35. The van der Waals surface area contributed by atoms with Gasteiger partial charge in [0.05, 0.1) is 4.75 Å². The van der Waals surface area contributed by atoms with Gasteiger partial charge < -0.3 is 5.32 Å². The van der Waals surface area contributed by atoms with Crippen LogP contribution >= 0.6 is 11.6 Å². The van der Waals surface area contributed by atoms with E-state index in [1.54, 1.807) is 26.0 Å². The van der Waals surface area contributed by atoms with Gasteiger partial charge in [0.15, 0.2) is 9.84 Å². The Kier molecular flexibility index (Phi) is 6.20. The van der Waals surface area contributed by atoms with Crippen molar-refractivity contribution in [2.75, 3.05) is 12.8 Å². The van der Waals surface area contributed by atoms with Crippen LogP contribution in [0, 0.1) is 5.82 Å². The molecule has 0 amide bonds. The average molecular weight is 336 g/mol. The SMILES string of the molecule is CCCNC(Cc1ccc(Cl)cc1F)C(C)(C)S(C)(=O)=O. The quantitative estimate of drug-likeness (QED) is 0.832. The second kappa shape index (κ2) is 7.07. The van der Waals surface area contributed by atoms with Crippen LogP contribution in [0.4, 0.5) is 4.39 Å². The molecule has 6 heteroatoms. The number of hydrogen-bond donors (Lipinski definition) is 1. The standard InChI is InChI=1S/C15H23ClFNO2S/c1-5-8-18-14(15(2,3)21(4,19)20)9-11-6-7-12(16)10-13(11)17/h6-7,10,14,18H,5,8-9H2,1-4H3. The fraction of sp³-hybridized carbons (Fsp3) is 0.600. The van der Waals surface area contributed by atoms with E-state index in [0.717, 1.165) is 6.42 Å². The molecule has 1 atom stereocenters. The summed E-state index contributed by atoms with van der Waals surface area (Å²) >= 11 is 5.75. The Bertz CT molecular complexity index is 587. The number of rotatable bonds is 7. The first kappa shape index (κ1) is 18.4. The molecule has 1 rings (SSSR count). The van der Waals surface area contributed by atoms with Gasteiger partial charge in [0.25, 0.3) is 0 Å². The first-order valence-electron chi connectivity index (χ1n) is 6.96. The summed E-state index contributed by atoms with van der Waals surface area (Å²) in [6, 6.07) is 4.10. The van der Waals surface area contributed by atoms with E-state index < -0.39 is 20.4 Å². The molecule has 0 fully saturated rings. The predicted molar refractivity (Wildman–Crippen MR) is 86.1 cm³/mol. The molecular formula is C15H23ClFNO2S. The topological polar surface area (TPSA) is 46.2 Å². The Labute approximate surface area is 131 Å². The lowest BCUT2D eigenvalue weighted by molar-refractivity contribution is 0.401. The monoisotopic (exact) mass is 335 g/mol. The van der Waals surface area contributed by atoms with E-state index in [1.165, 1.54) is 12.3 Å². The van der Waals surface area contributed by atoms with E-state index in [4.69, 9.17) is 11.6 Å². The van der Waals surface area contributed by atoms with Crippen molar-refractivity contribution < 1.29 is 12.8 Å². The second-order valence-corrected chi connectivity index (χ2v) is 8.86. The third-order valence-electron chi connectivity index (χ3n) is 3.87. The molecule has 0 aliphatic heterocycles. The summed E-state index contributed by atoms with van der Waals surface area (Å²) in [4.78, 5) is 0. The summed E-state index contributed by atoms with van der Waals surface area (Å²) in [5.74, 6) is -0.407. The normalized spacial score (nSPS) is 14.2. The molecule has 3 nitrogen and oxygen atoms in total. The van der Waals surface area contributed by atoms with Crippen LogP contribution in [0.2, 0.25) is 5.02 Å². The van der Waals surface area contributed by atoms with Crippen LogP contribution in [0.15, 0.2) is 18.2 Å². The van der Waals surface area contributed by atoms with Crippen LogP contribution in [0.3, 0.4) is 0 Å². The van der Waals surface area contributed by atoms with Gasteiger partial charge in [-0.25, -0.2) is 12.8 Å². The van der Waals surface area contributed by atoms with Gasteiger partial charge in [-0.2, -0.15) is 0 Å². The van der Waals surface area contributed by atoms with Crippen LogP contribution in [-0.2, 0) is 16.3 Å². The lowest BCUT2D eigenvalue weighted by atomic mass is 9.95. The molecule has 1 aromatic carbocycles. The zero-order valence-corrected chi connectivity index (χ0v) is 14.5. The molecule has 120 valence electrons. The molecule has 0 aromatic heterocycles. The molecule has 1 N–H and O–H groups in total. The molecule has 0 spiro atoms. The maximum atomic E-state index is 14.0. The molecule has 0 saturated heterocycles. The van der Waals surface area contributed by atoms with E-state index in [1.807, 2.05) is 6.92 Å². The van der Waals surface area contributed by atoms with Gasteiger partial charge in [0, 0.05) is 17.3 Å². The van der Waals surface area contributed by atoms with Gasteiger partial charge in [-0.15, -0.1) is 0 Å². The number of nitrogens with one attached hydrogen (secondary N) is 1. The lowest BCUT2D eigenvalue weighted by Crippen LogP contribution is -2.53. The molecule has 0 heterocycles. The minimum atomic E-state index is -3.28. The largest absolute Gasteiger partial charge is 0.312 e. The van der Waals surface area contributed by atoms with Gasteiger partial charge >= 0.3 is 0 Å². The number of halogens is 2. The maximum absolute atomic E-state index is 14.0. The van der Waals surface area contributed by atoms with Gasteiger partial charge in [-0.1, -0.05) is 24.6 Å². The minimum absolute atomic E-state index is 0.295. The summed E-state index contributed by atoms with van der Waals surface area (Å²) in [6.45, 7) is 6.02. The van der Waals surface area contributed by atoms with Crippen LogP contribution in [0.25, 0.3) is 0 Å². The number of hydrogen-bond acceptors (Lipinski definition) is 3.